The van der Waals surface area contributed by atoms with E-state index >= 15 is 0 Å². The lowest BCUT2D eigenvalue weighted by Crippen LogP contribution is -2.35. The van der Waals surface area contributed by atoms with Gasteiger partial charge in [0, 0.05) is 35.6 Å². The van der Waals surface area contributed by atoms with Crippen molar-refractivity contribution in [3.63, 3.8) is 0 Å². The monoisotopic (exact) mass is 504 g/mol. The molecule has 0 saturated carbocycles. The van der Waals surface area contributed by atoms with Gasteiger partial charge in [-0.25, -0.2) is 15.0 Å². The molecule has 1 amide bonds. The topological polar surface area (TPSA) is 120 Å². The van der Waals surface area contributed by atoms with E-state index in [1.165, 1.54) is 34.4 Å². The molecule has 0 spiro atoms. The molecule has 1 atom stereocenters. The Hall–Kier alpha value is -3.26. The number of amides is 1. The fourth-order valence-corrected chi connectivity index (χ4v) is 3.57. The molecule has 0 aliphatic heterocycles. The number of rotatable bonds is 7. The maximum absolute atomic E-state index is 13.2. The molecule has 176 valence electrons. The van der Waals surface area contributed by atoms with Crippen LogP contribution in [0, 0.1) is 0 Å². The van der Waals surface area contributed by atoms with Crippen molar-refractivity contribution in [2.24, 2.45) is 0 Å². The van der Waals surface area contributed by atoms with Crippen molar-refractivity contribution < 1.29 is 30.6 Å². The third kappa shape index (κ3) is 5.22. The average molecular weight is 505 g/mol. The van der Waals surface area contributed by atoms with E-state index in [1.807, 2.05) is 0 Å². The van der Waals surface area contributed by atoms with Gasteiger partial charge in [-0.3, -0.25) is 4.79 Å². The van der Waals surface area contributed by atoms with Crippen LogP contribution in [0.1, 0.15) is 36.1 Å². The molecule has 0 radical (unpaired) electrons. The summed E-state index contributed by atoms with van der Waals surface area (Å²) in [6.45, 7) is 3.48. The van der Waals surface area contributed by atoms with E-state index in [-0.39, 0.29) is 23.1 Å². The van der Waals surface area contributed by atoms with E-state index in [9.17, 15) is 26.4 Å². The van der Waals surface area contributed by atoms with E-state index in [1.54, 1.807) is 19.9 Å². The standard InChI is InChI=1S/C18H16ClF3N6O4S/c1-3-27(11(2)15-25-10-26-28(15)17-23-5-4-6-24-17)16(29)12-7-13(19)9-14(8-12)32-33(30,31)18(20,21)22/h4-11H,3H2,1-2H3. The third-order valence-corrected chi connectivity index (χ3v) is 5.56. The van der Waals surface area contributed by atoms with E-state index in [0.29, 0.717) is 5.82 Å². The second kappa shape index (κ2) is 9.31. The van der Waals surface area contributed by atoms with Crippen LogP contribution in [-0.4, -0.2) is 56.0 Å². The molecule has 2 aromatic heterocycles. The highest BCUT2D eigenvalue weighted by atomic mass is 35.5. The maximum Gasteiger partial charge on any atom is 0.534 e. The van der Waals surface area contributed by atoms with E-state index < -0.39 is 33.3 Å². The number of carbonyl (C=O) groups is 1. The maximum atomic E-state index is 13.2. The first kappa shape index (κ1) is 24.4. The van der Waals surface area contributed by atoms with E-state index in [2.05, 4.69) is 24.2 Å². The summed E-state index contributed by atoms with van der Waals surface area (Å²) >= 11 is 5.90. The number of alkyl halides is 3. The molecule has 0 aliphatic carbocycles. The molecule has 0 aliphatic rings. The van der Waals surface area contributed by atoms with Crippen LogP contribution in [-0.2, 0) is 10.1 Å². The smallest absolute Gasteiger partial charge is 0.376 e. The third-order valence-electron chi connectivity index (χ3n) is 4.37. The number of halogens is 4. The molecule has 15 heteroatoms. The normalized spacial score (nSPS) is 12.9. The number of nitrogens with zero attached hydrogens (tertiary/aromatic N) is 6. The molecule has 3 aromatic rings. The van der Waals surface area contributed by atoms with Crippen molar-refractivity contribution in [3.8, 4) is 11.7 Å². The highest BCUT2D eigenvalue weighted by molar-refractivity contribution is 7.88. The molecule has 0 bridgehead atoms. The second-order valence-corrected chi connectivity index (χ2v) is 8.48. The van der Waals surface area contributed by atoms with Gasteiger partial charge in [0.25, 0.3) is 11.9 Å². The minimum Gasteiger partial charge on any atom is -0.376 e. The first-order valence-electron chi connectivity index (χ1n) is 9.24. The van der Waals surface area contributed by atoms with Crippen LogP contribution in [0.3, 0.4) is 0 Å². The zero-order valence-electron chi connectivity index (χ0n) is 17.1. The van der Waals surface area contributed by atoms with Crippen LogP contribution in [0.2, 0.25) is 5.02 Å². The summed E-state index contributed by atoms with van der Waals surface area (Å²) in [6.07, 6.45) is 4.27. The van der Waals surface area contributed by atoms with Gasteiger partial charge in [0.15, 0.2) is 5.82 Å². The van der Waals surface area contributed by atoms with Gasteiger partial charge in [0.05, 0.1) is 6.04 Å². The number of carbonyl (C=O) groups excluding carboxylic acids is 1. The van der Waals surface area contributed by atoms with Crippen LogP contribution in [0.5, 0.6) is 5.75 Å². The quantitative estimate of drug-likeness (QED) is 0.355. The lowest BCUT2D eigenvalue weighted by atomic mass is 10.1. The van der Waals surface area contributed by atoms with Crippen LogP contribution in [0.25, 0.3) is 5.95 Å². The Balaban J connectivity index is 1.93. The van der Waals surface area contributed by atoms with Gasteiger partial charge < -0.3 is 9.08 Å². The largest absolute Gasteiger partial charge is 0.534 e. The molecule has 0 fully saturated rings. The zero-order valence-corrected chi connectivity index (χ0v) is 18.6. The van der Waals surface area contributed by atoms with Crippen LogP contribution >= 0.6 is 11.6 Å². The molecule has 33 heavy (non-hydrogen) atoms. The van der Waals surface area contributed by atoms with Crippen molar-refractivity contribution in [3.05, 3.63) is 59.4 Å². The molecule has 3 rings (SSSR count). The van der Waals surface area contributed by atoms with Gasteiger partial charge in [0.1, 0.15) is 12.1 Å². The van der Waals surface area contributed by atoms with Crippen LogP contribution < -0.4 is 4.18 Å². The minimum atomic E-state index is -5.94. The van der Waals surface area contributed by atoms with E-state index in [0.717, 1.165) is 12.1 Å². The van der Waals surface area contributed by atoms with Gasteiger partial charge >= 0.3 is 15.6 Å². The minimum absolute atomic E-state index is 0.159. The molecule has 0 saturated heterocycles. The van der Waals surface area contributed by atoms with E-state index in [4.69, 9.17) is 11.6 Å². The predicted octanol–water partition coefficient (Wildman–Crippen LogP) is 3.16. The van der Waals surface area contributed by atoms with Crippen LogP contribution in [0.4, 0.5) is 13.2 Å². The highest BCUT2D eigenvalue weighted by Gasteiger charge is 2.48. The van der Waals surface area contributed by atoms with Crippen molar-refractivity contribution >= 4 is 27.6 Å². The molecule has 1 unspecified atom stereocenters. The van der Waals surface area contributed by atoms with Crippen molar-refractivity contribution in [2.45, 2.75) is 25.4 Å². The number of hydrogen-bond acceptors (Lipinski definition) is 8. The lowest BCUT2D eigenvalue weighted by Gasteiger charge is -2.27. The fraction of sp³-hybridized carbons (Fsp3) is 0.278. The summed E-state index contributed by atoms with van der Waals surface area (Å²) in [6, 6.07) is 3.82. The summed E-state index contributed by atoms with van der Waals surface area (Å²) in [4.78, 5) is 26.9. The molecule has 10 nitrogen and oxygen atoms in total. The zero-order chi connectivity index (χ0) is 24.4. The van der Waals surface area contributed by atoms with Gasteiger partial charge in [-0.15, -0.1) is 0 Å². The Bertz CT molecular complexity index is 1250. The number of aromatic nitrogens is 5. The van der Waals surface area contributed by atoms with Crippen molar-refractivity contribution in [1.29, 1.82) is 0 Å². The summed E-state index contributed by atoms with van der Waals surface area (Å²) < 4.78 is 66.1. The second-order valence-electron chi connectivity index (χ2n) is 6.50. The molecule has 1 aromatic carbocycles. The Morgan fingerprint density at radius 3 is 2.48 bits per heavy atom. The SMILES string of the molecule is CCN(C(=O)c1cc(Cl)cc(OS(=O)(=O)C(F)(F)F)c1)C(C)c1ncnn1-c1ncccn1. The Kier molecular flexibility index (Phi) is 6.88. The summed E-state index contributed by atoms with van der Waals surface area (Å²) in [5.74, 6) is -0.885. The number of benzene rings is 1. The van der Waals surface area contributed by atoms with Crippen LogP contribution in [0.15, 0.2) is 43.0 Å². The van der Waals surface area contributed by atoms with Gasteiger partial charge in [0.2, 0.25) is 0 Å². The van der Waals surface area contributed by atoms with Crippen molar-refractivity contribution in [1.82, 2.24) is 29.6 Å². The molecular formula is C18H16ClF3N6O4S. The Labute approximate surface area is 191 Å². The van der Waals surface area contributed by atoms with Gasteiger partial charge in [-0.05, 0) is 32.0 Å². The number of hydrogen-bond donors (Lipinski definition) is 0. The lowest BCUT2D eigenvalue weighted by molar-refractivity contribution is -0.0500. The van der Waals surface area contributed by atoms with Crippen molar-refractivity contribution in [2.75, 3.05) is 6.54 Å². The average Bonchev–Trinajstić information content (AvgIpc) is 3.23. The highest BCUT2D eigenvalue weighted by Crippen LogP contribution is 2.30. The predicted molar refractivity (Wildman–Crippen MR) is 109 cm³/mol. The first-order valence-corrected chi connectivity index (χ1v) is 11.0. The summed E-state index contributed by atoms with van der Waals surface area (Å²) in [5.41, 5.74) is -5.84. The first-order chi connectivity index (χ1) is 15.4. The molecule has 0 N–H and O–H groups in total. The summed E-state index contributed by atoms with van der Waals surface area (Å²) in [5, 5.41) is 3.88. The Morgan fingerprint density at radius 1 is 1.21 bits per heavy atom. The summed E-state index contributed by atoms with van der Waals surface area (Å²) in [7, 11) is -5.94. The molecular weight excluding hydrogens is 489 g/mol. The van der Waals surface area contributed by atoms with Gasteiger partial charge in [-0.2, -0.15) is 31.4 Å². The Morgan fingerprint density at radius 2 is 1.88 bits per heavy atom. The van der Waals surface area contributed by atoms with Gasteiger partial charge in [-0.1, -0.05) is 11.6 Å². The fourth-order valence-electron chi connectivity index (χ4n) is 2.90. The molecule has 2 heterocycles.